The Kier molecular flexibility index (Phi) is 4.55. The summed E-state index contributed by atoms with van der Waals surface area (Å²) >= 11 is 0. The fraction of sp³-hybridized carbons (Fsp3) is 0.550. The Labute approximate surface area is 149 Å². The van der Waals surface area contributed by atoms with Crippen molar-refractivity contribution in [2.75, 3.05) is 6.54 Å². The van der Waals surface area contributed by atoms with Crippen LogP contribution in [0.3, 0.4) is 0 Å². The minimum atomic E-state index is 0.0934. The number of fused-ring (bicyclic) bond motifs is 1. The second kappa shape index (κ2) is 6.98. The van der Waals surface area contributed by atoms with Gasteiger partial charge in [0.05, 0.1) is 12.5 Å². The zero-order valence-corrected chi connectivity index (χ0v) is 14.9. The number of benzene rings is 1. The monoisotopic (exact) mass is 338 g/mol. The highest BCUT2D eigenvalue weighted by Gasteiger charge is 2.34. The summed E-state index contributed by atoms with van der Waals surface area (Å²) in [4.78, 5) is 15.0. The highest BCUT2D eigenvalue weighted by atomic mass is 16.2. The van der Waals surface area contributed by atoms with Crippen LogP contribution in [0.25, 0.3) is 0 Å². The Bertz CT molecular complexity index is 767. The van der Waals surface area contributed by atoms with Gasteiger partial charge in [0.2, 0.25) is 5.91 Å². The molecular weight excluding hydrogens is 312 g/mol. The lowest BCUT2D eigenvalue weighted by Crippen LogP contribution is -2.33. The van der Waals surface area contributed by atoms with E-state index in [1.165, 1.54) is 24.8 Å². The summed E-state index contributed by atoms with van der Waals surface area (Å²) in [6.07, 6.45) is 7.16. The number of nitrogens with zero attached hydrogens (tertiary/aromatic N) is 4. The van der Waals surface area contributed by atoms with Crippen LogP contribution in [-0.4, -0.2) is 32.1 Å². The Morgan fingerprint density at radius 3 is 2.88 bits per heavy atom. The number of carbonyl (C=O) groups excluding carboxylic acids is 1. The molecule has 4 rings (SSSR count). The Hall–Kier alpha value is -2.17. The average Bonchev–Trinajstić information content (AvgIpc) is 3.18. The van der Waals surface area contributed by atoms with Crippen molar-refractivity contribution in [3.05, 3.63) is 47.0 Å². The van der Waals surface area contributed by atoms with Crippen LogP contribution >= 0.6 is 0 Å². The van der Waals surface area contributed by atoms with E-state index in [9.17, 15) is 4.79 Å². The number of hydrogen-bond donors (Lipinski definition) is 0. The van der Waals surface area contributed by atoms with Gasteiger partial charge in [0.15, 0.2) is 5.82 Å². The molecular formula is C20H26N4O. The summed E-state index contributed by atoms with van der Waals surface area (Å²) in [5, 5.41) is 8.93. The first kappa shape index (κ1) is 16.3. The quantitative estimate of drug-likeness (QED) is 0.863. The predicted molar refractivity (Wildman–Crippen MR) is 96.1 cm³/mol. The van der Waals surface area contributed by atoms with E-state index in [4.69, 9.17) is 0 Å². The molecule has 0 spiro atoms. The molecule has 1 aromatic heterocycles. The van der Waals surface area contributed by atoms with Crippen LogP contribution in [0.2, 0.25) is 0 Å². The predicted octanol–water partition coefficient (Wildman–Crippen LogP) is 3.22. The molecule has 1 saturated heterocycles. The fourth-order valence-electron chi connectivity index (χ4n) is 4.16. The summed E-state index contributed by atoms with van der Waals surface area (Å²) in [6, 6.07) is 8.25. The first-order valence-corrected chi connectivity index (χ1v) is 9.50. The van der Waals surface area contributed by atoms with Gasteiger partial charge in [-0.15, -0.1) is 10.2 Å². The maximum absolute atomic E-state index is 13.0. The van der Waals surface area contributed by atoms with Crippen molar-refractivity contribution < 1.29 is 4.79 Å². The van der Waals surface area contributed by atoms with Crippen LogP contribution in [0.15, 0.2) is 24.3 Å². The molecule has 1 atom stereocenters. The zero-order valence-electron chi connectivity index (χ0n) is 14.9. The standard InChI is InChI=1S/C20H26N4O/c1-15-8-4-5-9-16(15)14-19(25)23-13-7-10-17(23)20-22-21-18-11-3-2-6-12-24(18)20/h4-5,8-9,17H,2-3,6-7,10-14H2,1H3/t17-/m0/s1. The largest absolute Gasteiger partial charge is 0.332 e. The Morgan fingerprint density at radius 1 is 1.12 bits per heavy atom. The molecule has 2 aliphatic heterocycles. The smallest absolute Gasteiger partial charge is 0.227 e. The third-order valence-electron chi connectivity index (χ3n) is 5.61. The summed E-state index contributed by atoms with van der Waals surface area (Å²) in [5.74, 6) is 2.32. The molecule has 5 heteroatoms. The van der Waals surface area contributed by atoms with Crippen molar-refractivity contribution in [3.63, 3.8) is 0 Å². The molecule has 1 amide bonds. The van der Waals surface area contributed by atoms with Crippen LogP contribution in [0.5, 0.6) is 0 Å². The maximum atomic E-state index is 13.0. The molecule has 0 N–H and O–H groups in total. The molecule has 0 aliphatic carbocycles. The number of aryl methyl sites for hydroxylation is 2. The van der Waals surface area contributed by atoms with Crippen molar-refractivity contribution in [2.45, 2.75) is 64.5 Å². The Balaban J connectivity index is 1.56. The Morgan fingerprint density at radius 2 is 2.00 bits per heavy atom. The third kappa shape index (κ3) is 3.20. The van der Waals surface area contributed by atoms with E-state index in [2.05, 4.69) is 33.8 Å². The van der Waals surface area contributed by atoms with E-state index in [1.54, 1.807) is 0 Å². The molecule has 132 valence electrons. The second-order valence-electron chi connectivity index (χ2n) is 7.29. The van der Waals surface area contributed by atoms with Crippen LogP contribution in [0, 0.1) is 6.92 Å². The van der Waals surface area contributed by atoms with Crippen molar-refractivity contribution in [1.29, 1.82) is 0 Å². The lowest BCUT2D eigenvalue weighted by Gasteiger charge is -2.25. The summed E-state index contributed by atoms with van der Waals surface area (Å²) in [5.41, 5.74) is 2.31. The highest BCUT2D eigenvalue weighted by molar-refractivity contribution is 5.79. The van der Waals surface area contributed by atoms with Gasteiger partial charge in [-0.05, 0) is 43.7 Å². The number of likely N-dealkylation sites (tertiary alicyclic amines) is 1. The highest BCUT2D eigenvalue weighted by Crippen LogP contribution is 2.33. The molecule has 0 radical (unpaired) electrons. The van der Waals surface area contributed by atoms with Gasteiger partial charge in [-0.25, -0.2) is 0 Å². The van der Waals surface area contributed by atoms with Gasteiger partial charge >= 0.3 is 0 Å². The molecule has 2 aromatic rings. The van der Waals surface area contributed by atoms with Crippen LogP contribution < -0.4 is 0 Å². The van der Waals surface area contributed by atoms with Gasteiger partial charge in [0, 0.05) is 19.5 Å². The first-order chi connectivity index (χ1) is 12.2. The molecule has 25 heavy (non-hydrogen) atoms. The molecule has 5 nitrogen and oxygen atoms in total. The third-order valence-corrected chi connectivity index (χ3v) is 5.61. The lowest BCUT2D eigenvalue weighted by atomic mass is 10.0. The van der Waals surface area contributed by atoms with E-state index in [0.29, 0.717) is 6.42 Å². The van der Waals surface area contributed by atoms with Crippen molar-refractivity contribution >= 4 is 5.91 Å². The molecule has 0 saturated carbocycles. The van der Waals surface area contributed by atoms with Crippen molar-refractivity contribution in [2.24, 2.45) is 0 Å². The second-order valence-corrected chi connectivity index (χ2v) is 7.29. The van der Waals surface area contributed by atoms with E-state index in [0.717, 1.165) is 49.6 Å². The maximum Gasteiger partial charge on any atom is 0.227 e. The van der Waals surface area contributed by atoms with E-state index in [-0.39, 0.29) is 11.9 Å². The lowest BCUT2D eigenvalue weighted by molar-refractivity contribution is -0.131. The van der Waals surface area contributed by atoms with E-state index < -0.39 is 0 Å². The number of hydrogen-bond acceptors (Lipinski definition) is 3. The number of aromatic nitrogens is 3. The molecule has 2 aliphatic rings. The van der Waals surface area contributed by atoms with E-state index >= 15 is 0 Å². The number of amides is 1. The van der Waals surface area contributed by atoms with Crippen LogP contribution in [0.1, 0.15) is 60.9 Å². The van der Waals surface area contributed by atoms with Gasteiger partial charge < -0.3 is 9.47 Å². The first-order valence-electron chi connectivity index (χ1n) is 9.50. The van der Waals surface area contributed by atoms with Gasteiger partial charge in [-0.1, -0.05) is 30.7 Å². The molecule has 1 fully saturated rings. The normalized spacial score (nSPS) is 20.4. The van der Waals surface area contributed by atoms with E-state index in [1.807, 2.05) is 17.0 Å². The van der Waals surface area contributed by atoms with Gasteiger partial charge in [-0.3, -0.25) is 4.79 Å². The average molecular weight is 338 g/mol. The fourth-order valence-corrected chi connectivity index (χ4v) is 4.16. The molecule has 0 unspecified atom stereocenters. The van der Waals surface area contributed by atoms with Crippen molar-refractivity contribution in [1.82, 2.24) is 19.7 Å². The summed E-state index contributed by atoms with van der Waals surface area (Å²) < 4.78 is 2.29. The minimum absolute atomic E-state index is 0.0934. The molecule has 3 heterocycles. The topological polar surface area (TPSA) is 51.0 Å². The SMILES string of the molecule is Cc1ccccc1CC(=O)N1CCC[C@H]1c1nnc2n1CCCCC2. The summed E-state index contributed by atoms with van der Waals surface area (Å²) in [6.45, 7) is 3.90. The molecule has 0 bridgehead atoms. The van der Waals surface area contributed by atoms with Gasteiger partial charge in [0.25, 0.3) is 0 Å². The van der Waals surface area contributed by atoms with Crippen molar-refractivity contribution in [3.8, 4) is 0 Å². The van der Waals surface area contributed by atoms with Gasteiger partial charge in [0.1, 0.15) is 5.82 Å². The zero-order chi connectivity index (χ0) is 17.2. The molecule has 1 aromatic carbocycles. The van der Waals surface area contributed by atoms with Gasteiger partial charge in [-0.2, -0.15) is 0 Å². The minimum Gasteiger partial charge on any atom is -0.332 e. The van der Waals surface area contributed by atoms with Crippen LogP contribution in [0.4, 0.5) is 0 Å². The number of rotatable bonds is 3. The summed E-state index contributed by atoms with van der Waals surface area (Å²) in [7, 11) is 0. The number of carbonyl (C=O) groups is 1. The van der Waals surface area contributed by atoms with Crippen LogP contribution in [-0.2, 0) is 24.2 Å².